The maximum Gasteiger partial charge on any atom is 0.145 e. The predicted molar refractivity (Wildman–Crippen MR) is 237 cm³/mol. The number of nitrogens with zero attached hydrogens (tertiary/aromatic N) is 1. The highest BCUT2D eigenvalue weighted by molar-refractivity contribution is 6.19. The first-order valence-corrected chi connectivity index (χ1v) is 19.5. The number of rotatable bonds is 6. The van der Waals surface area contributed by atoms with Crippen LogP contribution >= 0.6 is 0 Å². The van der Waals surface area contributed by atoms with Gasteiger partial charge in [0.05, 0.1) is 5.69 Å². The van der Waals surface area contributed by atoms with Crippen molar-refractivity contribution < 1.29 is 4.42 Å². The number of hydrogen-bond donors (Lipinski definition) is 0. The molecule has 2 nitrogen and oxygen atoms in total. The Hall–Kier alpha value is -7.16. The lowest BCUT2D eigenvalue weighted by Crippen LogP contribution is -2.18. The van der Waals surface area contributed by atoms with Crippen molar-refractivity contribution in [2.24, 2.45) is 0 Å². The predicted octanol–water partition coefficient (Wildman–Crippen LogP) is 15.3. The maximum atomic E-state index is 6.70. The van der Waals surface area contributed by atoms with Crippen molar-refractivity contribution >= 4 is 71.2 Å². The van der Waals surface area contributed by atoms with Crippen LogP contribution in [0.25, 0.3) is 82.1 Å². The monoisotopic (exact) mass is 715 g/mol. The third-order valence-corrected chi connectivity index (χ3v) is 11.6. The smallest absolute Gasteiger partial charge is 0.145 e. The Morgan fingerprint density at radius 1 is 0.411 bits per heavy atom. The zero-order valence-electron chi connectivity index (χ0n) is 30.8. The Bertz CT molecular complexity index is 3180. The molecule has 0 bridgehead atoms. The lowest BCUT2D eigenvalue weighted by atomic mass is 9.89. The van der Waals surface area contributed by atoms with Crippen LogP contribution in [0.1, 0.15) is 18.4 Å². The van der Waals surface area contributed by atoms with Gasteiger partial charge in [0.15, 0.2) is 0 Å². The van der Waals surface area contributed by atoms with Crippen LogP contribution in [0.4, 0.5) is 11.4 Å². The number of benzene rings is 9. The number of anilines is 2. The van der Waals surface area contributed by atoms with Gasteiger partial charge in [-0.3, -0.25) is 0 Å². The van der Waals surface area contributed by atoms with Crippen molar-refractivity contribution in [1.82, 2.24) is 0 Å². The molecule has 0 spiro atoms. The Morgan fingerprint density at radius 2 is 1.09 bits per heavy atom. The molecule has 10 aromatic rings. The fraction of sp³-hybridized carbons (Fsp3) is 0.0370. The normalized spacial score (nSPS) is 13.1. The van der Waals surface area contributed by atoms with Gasteiger partial charge in [-0.05, 0) is 110 Å². The molecule has 56 heavy (non-hydrogen) atoms. The van der Waals surface area contributed by atoms with Crippen molar-refractivity contribution in [3.8, 4) is 22.3 Å². The summed E-state index contributed by atoms with van der Waals surface area (Å²) in [6.07, 6.45) is 6.51. The second-order valence-corrected chi connectivity index (χ2v) is 14.7. The Labute approximate surface area is 325 Å². The quantitative estimate of drug-likeness (QED) is 0.170. The second kappa shape index (κ2) is 13.3. The van der Waals surface area contributed by atoms with Crippen LogP contribution in [-0.4, -0.2) is 0 Å². The Morgan fingerprint density at radius 3 is 1.91 bits per heavy atom. The minimum absolute atomic E-state index is 0.895. The zero-order chi connectivity index (χ0) is 37.0. The summed E-state index contributed by atoms with van der Waals surface area (Å²) < 4.78 is 6.70. The molecule has 2 heteroatoms. The summed E-state index contributed by atoms with van der Waals surface area (Å²) in [5.74, 6) is 0. The molecule has 9 aromatic carbocycles. The molecule has 0 aliphatic heterocycles. The Balaban J connectivity index is 1.10. The number of allylic oxidation sites excluding steroid dienone is 4. The maximum absolute atomic E-state index is 6.70. The molecule has 0 unspecified atom stereocenters. The van der Waals surface area contributed by atoms with Crippen LogP contribution in [0.3, 0.4) is 0 Å². The SMILES string of the molecule is C1=C(c2cccc3ccccc23)CCC(N(c2ccc(-c3ccc4ccccc4c3-c3ccccc3)cc2)c2cccc3ccc4c5ccccc5oc4c23)=C1. The van der Waals surface area contributed by atoms with E-state index >= 15 is 0 Å². The van der Waals surface area contributed by atoms with Gasteiger partial charge in [0.1, 0.15) is 11.2 Å². The first-order valence-electron chi connectivity index (χ1n) is 19.5. The molecular weight excluding hydrogens is 679 g/mol. The van der Waals surface area contributed by atoms with E-state index in [-0.39, 0.29) is 0 Å². The third-order valence-electron chi connectivity index (χ3n) is 11.6. The molecule has 0 atom stereocenters. The molecule has 264 valence electrons. The van der Waals surface area contributed by atoms with Crippen molar-refractivity contribution in [2.45, 2.75) is 12.8 Å². The van der Waals surface area contributed by atoms with E-state index in [4.69, 9.17) is 4.42 Å². The molecule has 0 saturated heterocycles. The van der Waals surface area contributed by atoms with E-state index in [2.05, 4.69) is 199 Å². The highest BCUT2D eigenvalue weighted by atomic mass is 16.3. The van der Waals surface area contributed by atoms with E-state index in [9.17, 15) is 0 Å². The van der Waals surface area contributed by atoms with Crippen LogP contribution < -0.4 is 4.90 Å². The average Bonchev–Trinajstić information content (AvgIpc) is 3.66. The molecule has 0 saturated carbocycles. The fourth-order valence-corrected chi connectivity index (χ4v) is 8.94. The summed E-state index contributed by atoms with van der Waals surface area (Å²) in [4.78, 5) is 2.47. The van der Waals surface area contributed by atoms with Crippen molar-refractivity contribution in [1.29, 1.82) is 0 Å². The number of para-hydroxylation sites is 1. The van der Waals surface area contributed by atoms with Crippen molar-refractivity contribution in [2.75, 3.05) is 4.90 Å². The molecular formula is C54H37NO. The van der Waals surface area contributed by atoms with Gasteiger partial charge < -0.3 is 9.32 Å². The van der Waals surface area contributed by atoms with Crippen molar-refractivity contribution in [3.05, 3.63) is 211 Å². The van der Waals surface area contributed by atoms with Crippen LogP contribution in [0.5, 0.6) is 0 Å². The van der Waals surface area contributed by atoms with Gasteiger partial charge in [-0.1, -0.05) is 164 Å². The summed E-state index contributed by atoms with van der Waals surface area (Å²) in [5.41, 5.74) is 12.9. The summed E-state index contributed by atoms with van der Waals surface area (Å²) in [7, 11) is 0. The van der Waals surface area contributed by atoms with E-state index in [1.807, 2.05) is 6.07 Å². The fourth-order valence-electron chi connectivity index (χ4n) is 8.94. The van der Waals surface area contributed by atoms with E-state index in [0.717, 1.165) is 56.9 Å². The Kier molecular flexibility index (Phi) is 7.67. The van der Waals surface area contributed by atoms with Gasteiger partial charge in [0.25, 0.3) is 0 Å². The molecule has 0 amide bonds. The minimum Gasteiger partial charge on any atom is -0.455 e. The average molecular weight is 716 g/mol. The van der Waals surface area contributed by atoms with Crippen LogP contribution in [-0.2, 0) is 0 Å². The topological polar surface area (TPSA) is 16.4 Å². The first-order chi connectivity index (χ1) is 27.8. The molecule has 11 rings (SSSR count). The third kappa shape index (κ3) is 5.33. The van der Waals surface area contributed by atoms with Gasteiger partial charge >= 0.3 is 0 Å². The van der Waals surface area contributed by atoms with E-state index < -0.39 is 0 Å². The van der Waals surface area contributed by atoms with Gasteiger partial charge in [-0.15, -0.1) is 0 Å². The van der Waals surface area contributed by atoms with Gasteiger partial charge in [0, 0.05) is 27.5 Å². The largest absolute Gasteiger partial charge is 0.455 e. The molecule has 1 aliphatic carbocycles. The lowest BCUT2D eigenvalue weighted by molar-refractivity contribution is 0.672. The van der Waals surface area contributed by atoms with E-state index in [1.54, 1.807) is 0 Å². The zero-order valence-corrected chi connectivity index (χ0v) is 30.8. The number of furan rings is 1. The summed E-state index contributed by atoms with van der Waals surface area (Å²) in [6, 6.07) is 68.0. The van der Waals surface area contributed by atoms with Crippen LogP contribution in [0.2, 0.25) is 0 Å². The lowest BCUT2D eigenvalue weighted by Gasteiger charge is -2.31. The summed E-state index contributed by atoms with van der Waals surface area (Å²) >= 11 is 0. The minimum atomic E-state index is 0.895. The van der Waals surface area contributed by atoms with Gasteiger partial charge in [-0.2, -0.15) is 0 Å². The van der Waals surface area contributed by atoms with Gasteiger partial charge in [0.2, 0.25) is 0 Å². The standard InChI is InChI=1S/C54H37NO/c1-2-14-40(15-3-1)52-46-19-7-5-13-37(46)28-34-47(52)39-26-32-43(33-27-39)55(42-30-24-38(25-31-42)45-21-10-16-36-12-4-6-18-44(36)45)50-22-11-17-41-29-35-49-48-20-8-9-23-51(48)56-54(49)53(41)50/h1-24,26-30,32-35H,25,31H2. The molecule has 1 aliphatic rings. The number of fused-ring (bicyclic) bond motifs is 7. The van der Waals surface area contributed by atoms with E-state index in [1.165, 1.54) is 60.6 Å². The van der Waals surface area contributed by atoms with Crippen LogP contribution in [0, 0.1) is 0 Å². The molecule has 1 heterocycles. The first kappa shape index (κ1) is 32.3. The second-order valence-electron chi connectivity index (χ2n) is 14.7. The van der Waals surface area contributed by atoms with E-state index in [0.29, 0.717) is 0 Å². The number of hydrogen-bond acceptors (Lipinski definition) is 2. The van der Waals surface area contributed by atoms with Crippen molar-refractivity contribution in [3.63, 3.8) is 0 Å². The summed E-state index contributed by atoms with van der Waals surface area (Å²) in [5, 5.41) is 9.62. The highest BCUT2D eigenvalue weighted by Crippen LogP contribution is 2.45. The van der Waals surface area contributed by atoms with Crippen LogP contribution in [0.15, 0.2) is 210 Å². The highest BCUT2D eigenvalue weighted by Gasteiger charge is 2.23. The van der Waals surface area contributed by atoms with Gasteiger partial charge in [-0.25, -0.2) is 0 Å². The molecule has 0 radical (unpaired) electrons. The molecule has 1 aromatic heterocycles. The summed E-state index contributed by atoms with van der Waals surface area (Å²) in [6.45, 7) is 0. The molecule has 0 N–H and O–H groups in total. The molecule has 0 fully saturated rings.